The van der Waals surface area contributed by atoms with Crippen LogP contribution in [0.15, 0.2) is 236 Å². The van der Waals surface area contributed by atoms with E-state index in [2.05, 4.69) is 257 Å². The van der Waals surface area contributed by atoms with Crippen molar-refractivity contribution < 1.29 is 0 Å². The first-order chi connectivity index (χ1) is 31.4. The molecule has 2 unspecified atom stereocenters. The highest BCUT2D eigenvalue weighted by atomic mass is 15.2. The molecule has 0 fully saturated rings. The summed E-state index contributed by atoms with van der Waals surface area (Å²) in [6, 6.07) is 47.0. The van der Waals surface area contributed by atoms with Crippen molar-refractivity contribution in [1.82, 2.24) is 0 Å². The largest absolute Gasteiger partial charge is 0.335 e. The molecule has 5 aromatic carbocycles. The van der Waals surface area contributed by atoms with Crippen LogP contribution in [0.5, 0.6) is 0 Å². The molecule has 0 saturated heterocycles. The Hall–Kier alpha value is -6.64. The van der Waals surface area contributed by atoms with E-state index < -0.39 is 0 Å². The monoisotopic (exact) mass is 839 g/mol. The molecule has 0 N–H and O–H groups in total. The van der Waals surface area contributed by atoms with Crippen LogP contribution in [0.4, 0.5) is 11.4 Å². The lowest BCUT2D eigenvalue weighted by atomic mass is 9.91. The second-order valence-electron chi connectivity index (χ2n) is 17.0. The van der Waals surface area contributed by atoms with E-state index in [0.29, 0.717) is 11.8 Å². The SMILES string of the molecule is C=C(/C=C\CCC(C)C/C=C\CC)N(/C(=C/C=C\C)CC)c1ccc(-c2ccc(-c3ccc(-c4ccc(N(C5=CCC(c6ccccc6)C=C5)[C@@H]5C=CC=CC5)cc4)cc3)cc2)cc1. The van der Waals surface area contributed by atoms with Gasteiger partial charge in [-0.05, 0) is 139 Å². The Kier molecular flexibility index (Phi) is 16.4. The first kappa shape index (κ1) is 45.4. The molecule has 64 heavy (non-hydrogen) atoms. The number of hydrogen-bond acceptors (Lipinski definition) is 2. The molecule has 0 radical (unpaired) electrons. The van der Waals surface area contributed by atoms with Crippen molar-refractivity contribution in [3.05, 3.63) is 242 Å². The maximum absolute atomic E-state index is 4.53. The summed E-state index contributed by atoms with van der Waals surface area (Å²) < 4.78 is 0. The average molecular weight is 839 g/mol. The Morgan fingerprint density at radius 2 is 1.28 bits per heavy atom. The average Bonchev–Trinajstić information content (AvgIpc) is 3.35. The van der Waals surface area contributed by atoms with Gasteiger partial charge in [-0.3, -0.25) is 0 Å². The third-order valence-corrected chi connectivity index (χ3v) is 12.4. The first-order valence-corrected chi connectivity index (χ1v) is 23.5. The van der Waals surface area contributed by atoms with Crippen LogP contribution >= 0.6 is 0 Å². The van der Waals surface area contributed by atoms with Crippen molar-refractivity contribution in [3.63, 3.8) is 0 Å². The zero-order valence-corrected chi connectivity index (χ0v) is 38.5. The molecule has 3 atom stereocenters. The molecule has 0 spiro atoms. The van der Waals surface area contributed by atoms with Gasteiger partial charge in [0.15, 0.2) is 0 Å². The highest BCUT2D eigenvalue weighted by Crippen LogP contribution is 2.35. The van der Waals surface area contributed by atoms with Crippen LogP contribution in [0.25, 0.3) is 33.4 Å². The first-order valence-electron chi connectivity index (χ1n) is 23.5. The summed E-state index contributed by atoms with van der Waals surface area (Å²) in [6.45, 7) is 13.3. The predicted octanol–water partition coefficient (Wildman–Crippen LogP) is 17.5. The van der Waals surface area contributed by atoms with Gasteiger partial charge in [-0.2, -0.15) is 0 Å². The summed E-state index contributed by atoms with van der Waals surface area (Å²) in [7, 11) is 0. The molecule has 0 heterocycles. The summed E-state index contributed by atoms with van der Waals surface area (Å²) >= 11 is 0. The third-order valence-electron chi connectivity index (χ3n) is 12.4. The predicted molar refractivity (Wildman–Crippen MR) is 279 cm³/mol. The van der Waals surface area contributed by atoms with Gasteiger partial charge in [-0.1, -0.05) is 197 Å². The van der Waals surface area contributed by atoms with Crippen LogP contribution in [0.1, 0.15) is 84.1 Å². The second kappa shape index (κ2) is 23.2. The molecule has 2 nitrogen and oxygen atoms in total. The minimum Gasteiger partial charge on any atom is -0.335 e. The van der Waals surface area contributed by atoms with Crippen molar-refractivity contribution >= 4 is 11.4 Å². The van der Waals surface area contributed by atoms with Crippen molar-refractivity contribution in [2.45, 2.75) is 84.6 Å². The van der Waals surface area contributed by atoms with E-state index in [9.17, 15) is 0 Å². The molecule has 5 aromatic rings. The molecule has 324 valence electrons. The molecular formula is C62H66N2. The summed E-state index contributed by atoms with van der Waals surface area (Å²) in [5.41, 5.74) is 14.4. The minimum absolute atomic E-state index is 0.278. The molecule has 0 bridgehead atoms. The molecule has 0 amide bonds. The number of hydrogen-bond donors (Lipinski definition) is 0. The van der Waals surface area contributed by atoms with E-state index in [1.165, 1.54) is 62.4 Å². The Bertz CT molecular complexity index is 2500. The Balaban J connectivity index is 1.01. The van der Waals surface area contributed by atoms with Gasteiger partial charge in [-0.15, -0.1) is 0 Å². The maximum atomic E-state index is 4.53. The fraction of sp³-hybridized carbons (Fsp3) is 0.226. The van der Waals surface area contributed by atoms with Crippen LogP contribution < -0.4 is 9.80 Å². The maximum Gasteiger partial charge on any atom is 0.0559 e. The zero-order chi connectivity index (χ0) is 44.5. The lowest BCUT2D eigenvalue weighted by Crippen LogP contribution is -2.33. The van der Waals surface area contributed by atoms with Gasteiger partial charge in [0.1, 0.15) is 0 Å². The van der Waals surface area contributed by atoms with Gasteiger partial charge in [0, 0.05) is 34.4 Å². The Morgan fingerprint density at radius 1 is 0.688 bits per heavy atom. The highest BCUT2D eigenvalue weighted by molar-refractivity contribution is 5.75. The summed E-state index contributed by atoms with van der Waals surface area (Å²) in [5.74, 6) is 1.09. The van der Waals surface area contributed by atoms with E-state index >= 15 is 0 Å². The summed E-state index contributed by atoms with van der Waals surface area (Å²) in [6.07, 6.45) is 38.8. The minimum atomic E-state index is 0.278. The van der Waals surface area contributed by atoms with E-state index in [0.717, 1.165) is 49.9 Å². The number of benzene rings is 5. The zero-order valence-electron chi connectivity index (χ0n) is 38.5. The van der Waals surface area contributed by atoms with Crippen molar-refractivity contribution in [2.24, 2.45) is 5.92 Å². The lowest BCUT2D eigenvalue weighted by molar-refractivity contribution is 0.546. The van der Waals surface area contributed by atoms with Gasteiger partial charge in [0.05, 0.1) is 6.04 Å². The van der Waals surface area contributed by atoms with Crippen LogP contribution in [0.2, 0.25) is 0 Å². The molecule has 2 aliphatic carbocycles. The van der Waals surface area contributed by atoms with E-state index in [1.54, 1.807) is 0 Å². The van der Waals surface area contributed by atoms with Gasteiger partial charge in [0.25, 0.3) is 0 Å². The lowest BCUT2D eigenvalue weighted by Gasteiger charge is -2.35. The van der Waals surface area contributed by atoms with Crippen molar-refractivity contribution in [3.8, 4) is 33.4 Å². The van der Waals surface area contributed by atoms with Crippen LogP contribution in [-0.4, -0.2) is 6.04 Å². The number of allylic oxidation sites excluding steroid dienone is 13. The second-order valence-corrected chi connectivity index (χ2v) is 17.0. The van der Waals surface area contributed by atoms with Crippen LogP contribution in [-0.2, 0) is 0 Å². The van der Waals surface area contributed by atoms with Gasteiger partial charge < -0.3 is 9.80 Å². The number of anilines is 2. The van der Waals surface area contributed by atoms with E-state index in [1.807, 2.05) is 0 Å². The molecule has 0 saturated carbocycles. The molecule has 7 rings (SSSR count). The molecule has 2 aliphatic rings. The summed E-state index contributed by atoms with van der Waals surface area (Å²) in [4.78, 5) is 4.79. The fourth-order valence-corrected chi connectivity index (χ4v) is 8.72. The Morgan fingerprint density at radius 3 is 1.80 bits per heavy atom. The van der Waals surface area contributed by atoms with Crippen LogP contribution in [0, 0.1) is 5.92 Å². The highest BCUT2D eigenvalue weighted by Gasteiger charge is 2.22. The number of rotatable bonds is 19. The van der Waals surface area contributed by atoms with Gasteiger partial charge in [-0.25, -0.2) is 0 Å². The third kappa shape index (κ3) is 11.9. The van der Waals surface area contributed by atoms with Gasteiger partial charge >= 0.3 is 0 Å². The number of nitrogens with zero attached hydrogens (tertiary/aromatic N) is 2. The van der Waals surface area contributed by atoms with E-state index in [4.69, 9.17) is 0 Å². The molecule has 0 aliphatic heterocycles. The molecule has 2 heteroatoms. The fourth-order valence-electron chi connectivity index (χ4n) is 8.72. The van der Waals surface area contributed by atoms with Crippen molar-refractivity contribution in [1.29, 1.82) is 0 Å². The Labute approximate surface area is 385 Å². The van der Waals surface area contributed by atoms with Gasteiger partial charge in [0.2, 0.25) is 0 Å². The van der Waals surface area contributed by atoms with Crippen molar-refractivity contribution in [2.75, 3.05) is 9.80 Å². The summed E-state index contributed by atoms with van der Waals surface area (Å²) in [5, 5.41) is 0. The molecular weight excluding hydrogens is 773 g/mol. The topological polar surface area (TPSA) is 6.48 Å². The quantitative estimate of drug-likeness (QED) is 0.0604. The van der Waals surface area contributed by atoms with Crippen LogP contribution in [0.3, 0.4) is 0 Å². The standard InChI is InChI=1S/C62H66N2/c1-6-9-13-20-48(4)21-18-19-22-49(5)63(58(8-3)25-10-7-2)60-42-36-56(37-43-60)53-32-28-51(29-33-53)52-30-34-54(35-31-52)57-40-46-62(47-41-57)64(59-26-16-12-17-27-59)61-44-38-55(39-45-61)50-23-14-11-15-24-50/h7,9-17,19,22-26,28-38,40-48,55,59H,5-6,8,18,20-21,27,39H2,1-4H3/b10-7-,13-9-,22-19-,58-25+/t48?,55?,59-/m1/s1. The molecule has 0 aromatic heterocycles. The normalized spacial score (nSPS) is 16.8. The smallest absolute Gasteiger partial charge is 0.0559 e. The van der Waals surface area contributed by atoms with E-state index in [-0.39, 0.29) is 6.04 Å².